The van der Waals surface area contributed by atoms with E-state index in [9.17, 15) is 9.59 Å². The topological polar surface area (TPSA) is 61.4 Å². The summed E-state index contributed by atoms with van der Waals surface area (Å²) >= 11 is 0. The van der Waals surface area contributed by atoms with Crippen LogP contribution in [0.4, 0.5) is 0 Å². The van der Waals surface area contributed by atoms with Gasteiger partial charge in [-0.1, -0.05) is 27.7 Å². The van der Waals surface area contributed by atoms with Crippen LogP contribution in [0, 0.1) is 17.8 Å². The SMILES string of the molecule is CC(C)C(=O)CC1CCNC1.CC(C)C(=O)N1CCNCC1. The van der Waals surface area contributed by atoms with E-state index in [0.29, 0.717) is 11.7 Å². The van der Waals surface area contributed by atoms with Gasteiger partial charge in [0.25, 0.3) is 0 Å². The second kappa shape index (κ2) is 9.95. The standard InChI is InChI=1S/C9H17NO.C8H16N2O/c1-7(2)9(11)5-8-3-4-10-6-8;1-7(2)8(11)10-5-3-9-4-6-10/h7-8,10H,3-6H2,1-2H3;7,9H,3-6H2,1-2H3. The van der Waals surface area contributed by atoms with Crippen LogP contribution in [-0.4, -0.2) is 55.9 Å². The molecule has 2 N–H and O–H groups in total. The van der Waals surface area contributed by atoms with Gasteiger partial charge in [0.05, 0.1) is 0 Å². The Bertz CT molecular complexity index is 344. The molecular weight excluding hydrogens is 278 g/mol. The van der Waals surface area contributed by atoms with Gasteiger partial charge in [0, 0.05) is 44.4 Å². The van der Waals surface area contributed by atoms with Gasteiger partial charge in [-0.25, -0.2) is 0 Å². The van der Waals surface area contributed by atoms with Crippen molar-refractivity contribution in [3.8, 4) is 0 Å². The molecule has 1 unspecified atom stereocenters. The predicted molar refractivity (Wildman–Crippen MR) is 89.7 cm³/mol. The van der Waals surface area contributed by atoms with Crippen molar-refractivity contribution < 1.29 is 9.59 Å². The Hall–Kier alpha value is -0.940. The number of Topliss-reactive ketones (excluding diaryl/α,β-unsaturated/α-hetero) is 1. The lowest BCUT2D eigenvalue weighted by molar-refractivity contribution is -0.135. The van der Waals surface area contributed by atoms with Gasteiger partial charge in [0.1, 0.15) is 5.78 Å². The summed E-state index contributed by atoms with van der Waals surface area (Å²) in [5, 5.41) is 6.48. The molecule has 0 aromatic rings. The van der Waals surface area contributed by atoms with Gasteiger partial charge in [-0.2, -0.15) is 0 Å². The zero-order valence-corrected chi connectivity index (χ0v) is 14.7. The largest absolute Gasteiger partial charge is 0.340 e. The maximum atomic E-state index is 11.4. The van der Waals surface area contributed by atoms with Crippen LogP contribution >= 0.6 is 0 Å². The number of amides is 1. The third-order valence-electron chi connectivity index (χ3n) is 4.22. The van der Waals surface area contributed by atoms with Crippen LogP contribution in [0.1, 0.15) is 40.5 Å². The normalized spacial score (nSPS) is 21.7. The molecule has 2 aliphatic rings. The Kier molecular flexibility index (Phi) is 8.64. The van der Waals surface area contributed by atoms with E-state index >= 15 is 0 Å². The van der Waals surface area contributed by atoms with E-state index in [1.165, 1.54) is 6.42 Å². The maximum Gasteiger partial charge on any atom is 0.225 e. The highest BCUT2D eigenvalue weighted by atomic mass is 16.2. The van der Waals surface area contributed by atoms with Crippen molar-refractivity contribution >= 4 is 11.7 Å². The second-order valence-corrected chi connectivity index (χ2v) is 6.91. The summed E-state index contributed by atoms with van der Waals surface area (Å²) in [6.07, 6.45) is 1.96. The molecule has 2 fully saturated rings. The molecule has 5 heteroatoms. The van der Waals surface area contributed by atoms with Crippen LogP contribution in [0.25, 0.3) is 0 Å². The monoisotopic (exact) mass is 311 g/mol. The first-order valence-corrected chi connectivity index (χ1v) is 8.64. The van der Waals surface area contributed by atoms with Gasteiger partial charge in [0.2, 0.25) is 5.91 Å². The Morgan fingerprint density at radius 2 is 1.64 bits per heavy atom. The van der Waals surface area contributed by atoms with Gasteiger partial charge in [-0.3, -0.25) is 9.59 Å². The van der Waals surface area contributed by atoms with Crippen molar-refractivity contribution in [1.29, 1.82) is 0 Å². The smallest absolute Gasteiger partial charge is 0.225 e. The summed E-state index contributed by atoms with van der Waals surface area (Å²) in [7, 11) is 0. The van der Waals surface area contributed by atoms with Crippen molar-refractivity contribution in [2.24, 2.45) is 17.8 Å². The summed E-state index contributed by atoms with van der Waals surface area (Å²) in [6, 6.07) is 0. The van der Waals surface area contributed by atoms with E-state index < -0.39 is 0 Å². The van der Waals surface area contributed by atoms with Gasteiger partial charge < -0.3 is 15.5 Å². The molecule has 2 heterocycles. The maximum absolute atomic E-state index is 11.4. The van der Waals surface area contributed by atoms with E-state index in [4.69, 9.17) is 0 Å². The van der Waals surface area contributed by atoms with Gasteiger partial charge >= 0.3 is 0 Å². The fourth-order valence-electron chi connectivity index (χ4n) is 2.66. The summed E-state index contributed by atoms with van der Waals surface area (Å²) in [6.45, 7) is 13.6. The number of nitrogens with one attached hydrogen (secondary N) is 2. The Morgan fingerprint density at radius 3 is 2.09 bits per heavy atom. The molecule has 0 spiro atoms. The Labute approximate surface area is 135 Å². The molecule has 2 aliphatic heterocycles. The molecule has 22 heavy (non-hydrogen) atoms. The average Bonchev–Trinajstić information content (AvgIpc) is 3.00. The first-order chi connectivity index (χ1) is 10.4. The van der Waals surface area contributed by atoms with Crippen LogP contribution in [0.15, 0.2) is 0 Å². The zero-order valence-electron chi connectivity index (χ0n) is 14.7. The lowest BCUT2D eigenvalue weighted by atomic mass is 9.96. The first-order valence-electron chi connectivity index (χ1n) is 8.64. The lowest BCUT2D eigenvalue weighted by Gasteiger charge is -2.28. The van der Waals surface area contributed by atoms with Gasteiger partial charge in [-0.05, 0) is 25.4 Å². The van der Waals surface area contributed by atoms with Crippen LogP contribution < -0.4 is 10.6 Å². The number of piperazine rings is 1. The highest BCUT2D eigenvalue weighted by Crippen LogP contribution is 2.14. The summed E-state index contributed by atoms with van der Waals surface area (Å²) in [5.74, 6) is 1.68. The highest BCUT2D eigenvalue weighted by Gasteiger charge is 2.19. The fourth-order valence-corrected chi connectivity index (χ4v) is 2.66. The van der Waals surface area contributed by atoms with E-state index in [0.717, 1.165) is 45.7 Å². The highest BCUT2D eigenvalue weighted by molar-refractivity contribution is 5.80. The molecule has 0 aromatic heterocycles. The summed E-state index contributed by atoms with van der Waals surface area (Å²) in [4.78, 5) is 24.6. The third-order valence-corrected chi connectivity index (χ3v) is 4.22. The van der Waals surface area contributed by atoms with Crippen LogP contribution in [0.5, 0.6) is 0 Å². The van der Waals surface area contributed by atoms with Crippen LogP contribution in [0.2, 0.25) is 0 Å². The van der Waals surface area contributed by atoms with Gasteiger partial charge in [0.15, 0.2) is 0 Å². The molecule has 1 atom stereocenters. The molecular formula is C17H33N3O2. The number of hydrogen-bond acceptors (Lipinski definition) is 4. The van der Waals surface area contributed by atoms with E-state index in [2.05, 4.69) is 10.6 Å². The number of hydrogen-bond donors (Lipinski definition) is 2. The lowest BCUT2D eigenvalue weighted by Crippen LogP contribution is -2.47. The van der Waals surface area contributed by atoms with Crippen molar-refractivity contribution in [2.45, 2.75) is 40.5 Å². The summed E-state index contributed by atoms with van der Waals surface area (Å²) in [5.41, 5.74) is 0. The van der Waals surface area contributed by atoms with E-state index in [1.54, 1.807) is 0 Å². The fraction of sp³-hybridized carbons (Fsp3) is 0.882. The molecule has 0 aromatic carbocycles. The first kappa shape index (κ1) is 19.1. The minimum atomic E-state index is 0.146. The average molecular weight is 311 g/mol. The predicted octanol–water partition coefficient (Wildman–Crippen LogP) is 1.29. The van der Waals surface area contributed by atoms with Crippen molar-refractivity contribution in [3.05, 3.63) is 0 Å². The van der Waals surface area contributed by atoms with Crippen molar-refractivity contribution in [3.63, 3.8) is 0 Å². The number of ketones is 1. The molecule has 0 saturated carbocycles. The molecule has 0 aliphatic carbocycles. The number of carbonyl (C=O) groups is 2. The van der Waals surface area contributed by atoms with Crippen molar-refractivity contribution in [2.75, 3.05) is 39.3 Å². The number of nitrogens with zero attached hydrogens (tertiary/aromatic N) is 1. The van der Waals surface area contributed by atoms with E-state index in [-0.39, 0.29) is 17.7 Å². The molecule has 2 saturated heterocycles. The zero-order chi connectivity index (χ0) is 16.5. The summed E-state index contributed by atoms with van der Waals surface area (Å²) < 4.78 is 0. The number of carbonyl (C=O) groups excluding carboxylic acids is 2. The minimum Gasteiger partial charge on any atom is -0.340 e. The van der Waals surface area contributed by atoms with Crippen LogP contribution in [-0.2, 0) is 9.59 Å². The molecule has 0 bridgehead atoms. The molecule has 128 valence electrons. The number of rotatable bonds is 4. The minimum absolute atomic E-state index is 0.146. The molecule has 0 radical (unpaired) electrons. The quantitative estimate of drug-likeness (QED) is 0.821. The Balaban J connectivity index is 0.000000220. The molecule has 1 amide bonds. The third kappa shape index (κ3) is 6.88. The second-order valence-electron chi connectivity index (χ2n) is 6.91. The molecule has 5 nitrogen and oxygen atoms in total. The van der Waals surface area contributed by atoms with E-state index in [1.807, 2.05) is 32.6 Å². The van der Waals surface area contributed by atoms with Gasteiger partial charge in [-0.15, -0.1) is 0 Å². The molecule has 2 rings (SSSR count). The van der Waals surface area contributed by atoms with Crippen LogP contribution in [0.3, 0.4) is 0 Å². The van der Waals surface area contributed by atoms with Crippen molar-refractivity contribution in [1.82, 2.24) is 15.5 Å². The Morgan fingerprint density at radius 1 is 1.00 bits per heavy atom.